The van der Waals surface area contributed by atoms with Crippen molar-refractivity contribution in [3.63, 3.8) is 0 Å². The highest BCUT2D eigenvalue weighted by Gasteiger charge is 2.07. The summed E-state index contributed by atoms with van der Waals surface area (Å²) in [6, 6.07) is 5.55. The smallest absolute Gasteiger partial charge is 0.161 e. The summed E-state index contributed by atoms with van der Waals surface area (Å²) >= 11 is 0. The zero-order chi connectivity index (χ0) is 13.4. The van der Waals surface area contributed by atoms with Crippen LogP contribution in [0, 0.1) is 0 Å². The van der Waals surface area contributed by atoms with Gasteiger partial charge in [-0.3, -0.25) is 4.79 Å². The molecule has 0 aromatic heterocycles. The summed E-state index contributed by atoms with van der Waals surface area (Å²) in [5, 5.41) is 0. The Morgan fingerprint density at radius 1 is 1.17 bits per heavy atom. The van der Waals surface area contributed by atoms with Gasteiger partial charge in [0.05, 0.1) is 13.7 Å². The first-order valence-corrected chi connectivity index (χ1v) is 5.95. The number of methoxy groups -OCH3 is 2. The number of Topliss-reactive ketones (excluding diaryl/α,β-unsaturated/α-hetero) is 1. The van der Waals surface area contributed by atoms with Crippen LogP contribution in [0.2, 0.25) is 0 Å². The second kappa shape index (κ2) is 7.71. The van der Waals surface area contributed by atoms with Crippen molar-refractivity contribution in [1.29, 1.82) is 0 Å². The van der Waals surface area contributed by atoms with Gasteiger partial charge in [-0.1, -0.05) is 6.07 Å². The van der Waals surface area contributed by atoms with Gasteiger partial charge in [-0.05, 0) is 24.6 Å². The van der Waals surface area contributed by atoms with Crippen molar-refractivity contribution in [3.05, 3.63) is 23.8 Å². The van der Waals surface area contributed by atoms with E-state index in [1.807, 2.05) is 18.2 Å². The van der Waals surface area contributed by atoms with E-state index >= 15 is 0 Å². The first kappa shape index (κ1) is 14.5. The fourth-order valence-electron chi connectivity index (χ4n) is 1.62. The van der Waals surface area contributed by atoms with Crippen molar-refractivity contribution in [3.8, 4) is 11.5 Å². The van der Waals surface area contributed by atoms with Crippen LogP contribution < -0.4 is 9.47 Å². The Balaban J connectivity index is 2.69. The zero-order valence-corrected chi connectivity index (χ0v) is 11.2. The maximum atomic E-state index is 11.1. The number of carbonyl (C=O) groups excluding carboxylic acids is 1. The first-order valence-electron chi connectivity index (χ1n) is 5.95. The minimum atomic E-state index is 0.130. The van der Waals surface area contributed by atoms with E-state index in [0.29, 0.717) is 31.1 Å². The van der Waals surface area contributed by atoms with E-state index in [2.05, 4.69) is 0 Å². The van der Waals surface area contributed by atoms with Crippen molar-refractivity contribution in [1.82, 2.24) is 0 Å². The third kappa shape index (κ3) is 4.75. The fourth-order valence-corrected chi connectivity index (χ4v) is 1.62. The molecule has 4 heteroatoms. The van der Waals surface area contributed by atoms with Crippen LogP contribution in [0.5, 0.6) is 11.5 Å². The third-order valence-electron chi connectivity index (χ3n) is 2.43. The number of hydrogen-bond acceptors (Lipinski definition) is 4. The molecule has 0 aliphatic carbocycles. The van der Waals surface area contributed by atoms with Crippen molar-refractivity contribution >= 4 is 5.78 Å². The number of ether oxygens (including phenoxy) is 3. The van der Waals surface area contributed by atoms with Gasteiger partial charge in [0.1, 0.15) is 5.78 Å². The molecule has 1 aromatic rings. The predicted molar refractivity (Wildman–Crippen MR) is 69.4 cm³/mol. The van der Waals surface area contributed by atoms with Gasteiger partial charge in [0, 0.05) is 26.6 Å². The Labute approximate surface area is 108 Å². The van der Waals surface area contributed by atoms with E-state index in [4.69, 9.17) is 14.2 Å². The number of benzene rings is 1. The molecule has 0 spiro atoms. The lowest BCUT2D eigenvalue weighted by Crippen LogP contribution is -2.04. The zero-order valence-electron chi connectivity index (χ0n) is 11.2. The molecular formula is C14H20O4. The molecule has 0 bridgehead atoms. The predicted octanol–water partition coefficient (Wildman–Crippen LogP) is 2.24. The van der Waals surface area contributed by atoms with Gasteiger partial charge < -0.3 is 14.2 Å². The first-order chi connectivity index (χ1) is 8.67. The second-order valence-corrected chi connectivity index (χ2v) is 4.06. The second-order valence-electron chi connectivity index (χ2n) is 4.06. The molecule has 0 radical (unpaired) electrons. The number of hydrogen-bond donors (Lipinski definition) is 0. The summed E-state index contributed by atoms with van der Waals surface area (Å²) < 4.78 is 15.8. The largest absolute Gasteiger partial charge is 0.493 e. The van der Waals surface area contributed by atoms with Crippen LogP contribution in [0.25, 0.3) is 0 Å². The highest BCUT2D eigenvalue weighted by atomic mass is 16.5. The summed E-state index contributed by atoms with van der Waals surface area (Å²) in [5.41, 5.74) is 0.935. The highest BCUT2D eigenvalue weighted by Crippen LogP contribution is 2.28. The van der Waals surface area contributed by atoms with Crippen LogP contribution in [0.3, 0.4) is 0 Å². The van der Waals surface area contributed by atoms with Gasteiger partial charge in [0.15, 0.2) is 11.5 Å². The molecule has 0 saturated carbocycles. The van der Waals surface area contributed by atoms with Crippen molar-refractivity contribution in [2.75, 3.05) is 27.4 Å². The molecule has 0 aliphatic heterocycles. The Morgan fingerprint density at radius 3 is 2.56 bits per heavy atom. The normalized spacial score (nSPS) is 10.2. The Kier molecular flexibility index (Phi) is 6.22. The van der Waals surface area contributed by atoms with E-state index in [9.17, 15) is 4.79 Å². The number of carbonyl (C=O) groups is 1. The lowest BCUT2D eigenvalue weighted by atomic mass is 10.1. The molecule has 4 nitrogen and oxygen atoms in total. The van der Waals surface area contributed by atoms with Gasteiger partial charge in [-0.2, -0.15) is 0 Å². The molecule has 0 aliphatic rings. The SMILES string of the molecule is COCCCOc1cc(CC(C)=O)ccc1OC. The van der Waals surface area contributed by atoms with E-state index in [1.54, 1.807) is 21.1 Å². The maximum Gasteiger partial charge on any atom is 0.161 e. The number of ketones is 1. The van der Waals surface area contributed by atoms with Crippen LogP contribution in [-0.2, 0) is 16.0 Å². The van der Waals surface area contributed by atoms with Gasteiger partial charge in [-0.15, -0.1) is 0 Å². The van der Waals surface area contributed by atoms with Gasteiger partial charge in [0.2, 0.25) is 0 Å². The molecule has 1 rings (SSSR count). The summed E-state index contributed by atoms with van der Waals surface area (Å²) in [5.74, 6) is 1.48. The average Bonchev–Trinajstić information content (AvgIpc) is 2.34. The molecule has 0 atom stereocenters. The van der Waals surface area contributed by atoms with Crippen molar-refractivity contribution in [2.24, 2.45) is 0 Å². The molecule has 0 unspecified atom stereocenters. The average molecular weight is 252 g/mol. The van der Waals surface area contributed by atoms with Crippen molar-refractivity contribution < 1.29 is 19.0 Å². The Morgan fingerprint density at radius 2 is 1.94 bits per heavy atom. The molecule has 0 amide bonds. The van der Waals surface area contributed by atoms with Crippen LogP contribution in [-0.4, -0.2) is 33.2 Å². The van der Waals surface area contributed by atoms with Gasteiger partial charge in [0.25, 0.3) is 0 Å². The van der Waals surface area contributed by atoms with Crippen LogP contribution in [0.15, 0.2) is 18.2 Å². The molecular weight excluding hydrogens is 232 g/mol. The monoisotopic (exact) mass is 252 g/mol. The maximum absolute atomic E-state index is 11.1. The van der Waals surface area contributed by atoms with E-state index in [1.165, 1.54) is 0 Å². The summed E-state index contributed by atoms with van der Waals surface area (Å²) in [6.07, 6.45) is 1.23. The van der Waals surface area contributed by atoms with E-state index in [-0.39, 0.29) is 5.78 Å². The minimum Gasteiger partial charge on any atom is -0.493 e. The third-order valence-corrected chi connectivity index (χ3v) is 2.43. The fraction of sp³-hybridized carbons (Fsp3) is 0.500. The highest BCUT2D eigenvalue weighted by molar-refractivity contribution is 5.78. The standard InChI is InChI=1S/C14H20O4/c1-11(15)9-12-5-6-13(17-3)14(10-12)18-8-4-7-16-2/h5-6,10H,4,7-9H2,1-3H3. The van der Waals surface area contributed by atoms with Crippen LogP contribution in [0.1, 0.15) is 18.9 Å². The quantitative estimate of drug-likeness (QED) is 0.666. The molecule has 100 valence electrons. The molecule has 18 heavy (non-hydrogen) atoms. The summed E-state index contributed by atoms with van der Waals surface area (Å²) in [4.78, 5) is 11.1. The van der Waals surface area contributed by atoms with E-state index in [0.717, 1.165) is 12.0 Å². The molecule has 0 N–H and O–H groups in total. The molecule has 0 saturated heterocycles. The topological polar surface area (TPSA) is 44.8 Å². The van der Waals surface area contributed by atoms with Crippen LogP contribution in [0.4, 0.5) is 0 Å². The lowest BCUT2D eigenvalue weighted by Gasteiger charge is -2.11. The molecule has 1 aromatic carbocycles. The van der Waals surface area contributed by atoms with Gasteiger partial charge in [-0.25, -0.2) is 0 Å². The Bertz CT molecular complexity index is 387. The molecule has 0 fully saturated rings. The number of rotatable bonds is 8. The Hall–Kier alpha value is -1.55. The van der Waals surface area contributed by atoms with Crippen molar-refractivity contribution in [2.45, 2.75) is 19.8 Å². The lowest BCUT2D eigenvalue weighted by molar-refractivity contribution is -0.116. The minimum absolute atomic E-state index is 0.130. The summed E-state index contributed by atoms with van der Waals surface area (Å²) in [7, 11) is 3.26. The molecule has 0 heterocycles. The van der Waals surface area contributed by atoms with E-state index < -0.39 is 0 Å². The summed E-state index contributed by atoms with van der Waals surface area (Å²) in [6.45, 7) is 2.80. The van der Waals surface area contributed by atoms with Crippen LogP contribution >= 0.6 is 0 Å². The van der Waals surface area contributed by atoms with Gasteiger partial charge >= 0.3 is 0 Å².